The van der Waals surface area contributed by atoms with Crippen LogP contribution in [0.3, 0.4) is 0 Å². The zero-order valence-corrected chi connectivity index (χ0v) is 11.7. The number of carbonyl (C=O) groups is 1. The lowest BCUT2D eigenvalue weighted by atomic mass is 9.81. The molecule has 2 aliphatic rings. The Balaban J connectivity index is 0.000000367. The molecule has 2 heterocycles. The van der Waals surface area contributed by atoms with E-state index in [1.807, 2.05) is 11.3 Å². The van der Waals surface area contributed by atoms with Gasteiger partial charge in [0.15, 0.2) is 0 Å². The van der Waals surface area contributed by atoms with E-state index in [1.165, 1.54) is 45.2 Å². The minimum atomic E-state index is -0.250. The van der Waals surface area contributed by atoms with Gasteiger partial charge < -0.3 is 5.11 Å². The van der Waals surface area contributed by atoms with Crippen molar-refractivity contribution in [2.75, 3.05) is 13.1 Å². The molecule has 0 saturated carbocycles. The second-order valence-corrected chi connectivity index (χ2v) is 6.34. The van der Waals surface area contributed by atoms with E-state index >= 15 is 0 Å². The van der Waals surface area contributed by atoms with E-state index in [0.29, 0.717) is 5.54 Å². The van der Waals surface area contributed by atoms with Crippen molar-refractivity contribution in [3.8, 4) is 0 Å². The van der Waals surface area contributed by atoms with Crippen molar-refractivity contribution in [1.82, 2.24) is 4.90 Å². The lowest BCUT2D eigenvalue weighted by molar-refractivity contribution is -0.122. The third-order valence-electron chi connectivity index (χ3n) is 4.17. The summed E-state index contributed by atoms with van der Waals surface area (Å²) in [5.41, 5.74) is 2.09. The molecule has 18 heavy (non-hydrogen) atoms. The van der Waals surface area contributed by atoms with E-state index in [1.54, 1.807) is 10.4 Å². The van der Waals surface area contributed by atoms with Gasteiger partial charge in [0.25, 0.3) is 6.47 Å². The Bertz CT molecular complexity index is 398. The van der Waals surface area contributed by atoms with Crippen molar-refractivity contribution in [1.29, 1.82) is 0 Å². The van der Waals surface area contributed by atoms with Gasteiger partial charge in [-0.3, -0.25) is 9.69 Å². The normalized spacial score (nSPS) is 27.2. The summed E-state index contributed by atoms with van der Waals surface area (Å²) in [7, 11) is 0. The predicted octanol–water partition coefficient (Wildman–Crippen LogP) is 2.79. The Kier molecular flexibility index (Phi) is 4.40. The lowest BCUT2D eigenvalue weighted by Crippen LogP contribution is -2.48. The Morgan fingerprint density at radius 2 is 2.11 bits per heavy atom. The molecule has 100 valence electrons. The Labute approximate surface area is 112 Å². The third kappa shape index (κ3) is 2.75. The highest BCUT2D eigenvalue weighted by molar-refractivity contribution is 7.10. The Hall–Kier alpha value is -0.870. The van der Waals surface area contributed by atoms with E-state index in [2.05, 4.69) is 23.3 Å². The SMILES string of the molecule is CC1(N2CCCC2)CCc2sccc2C1.O=CO. The highest BCUT2D eigenvalue weighted by Gasteiger charge is 2.36. The lowest BCUT2D eigenvalue weighted by Gasteiger charge is -2.41. The molecule has 1 saturated heterocycles. The zero-order chi connectivity index (χ0) is 13.0. The average Bonchev–Trinajstić information content (AvgIpc) is 3.00. The second-order valence-electron chi connectivity index (χ2n) is 5.34. The summed E-state index contributed by atoms with van der Waals surface area (Å²) in [6, 6.07) is 2.34. The van der Waals surface area contributed by atoms with Crippen molar-refractivity contribution in [3.05, 3.63) is 21.9 Å². The summed E-state index contributed by atoms with van der Waals surface area (Å²) in [6.45, 7) is 4.88. The first-order valence-electron chi connectivity index (χ1n) is 6.58. The predicted molar refractivity (Wildman–Crippen MR) is 74.2 cm³/mol. The maximum absolute atomic E-state index is 8.36. The molecule has 0 amide bonds. The quantitative estimate of drug-likeness (QED) is 0.795. The van der Waals surface area contributed by atoms with Gasteiger partial charge in [-0.2, -0.15) is 0 Å². The van der Waals surface area contributed by atoms with Crippen LogP contribution in [0.25, 0.3) is 0 Å². The van der Waals surface area contributed by atoms with Gasteiger partial charge in [0.2, 0.25) is 0 Å². The molecule has 1 aromatic heterocycles. The molecule has 1 N–H and O–H groups in total. The minimum absolute atomic E-state index is 0.250. The molecule has 3 rings (SSSR count). The van der Waals surface area contributed by atoms with E-state index in [9.17, 15) is 0 Å². The van der Waals surface area contributed by atoms with Gasteiger partial charge in [0.1, 0.15) is 0 Å². The largest absolute Gasteiger partial charge is 0.483 e. The van der Waals surface area contributed by atoms with E-state index in [0.717, 1.165) is 0 Å². The molecule has 1 aliphatic heterocycles. The molecule has 1 aromatic rings. The smallest absolute Gasteiger partial charge is 0.290 e. The molecule has 1 atom stereocenters. The van der Waals surface area contributed by atoms with Gasteiger partial charge in [0, 0.05) is 10.4 Å². The first-order chi connectivity index (χ1) is 8.69. The molecule has 0 radical (unpaired) electrons. The number of thiophene rings is 1. The summed E-state index contributed by atoms with van der Waals surface area (Å²) in [6.07, 6.45) is 6.77. The van der Waals surface area contributed by atoms with Crippen molar-refractivity contribution >= 4 is 17.8 Å². The third-order valence-corrected chi connectivity index (χ3v) is 5.19. The molecule has 0 bridgehead atoms. The minimum Gasteiger partial charge on any atom is -0.483 e. The van der Waals surface area contributed by atoms with Crippen LogP contribution in [0.15, 0.2) is 11.4 Å². The highest BCUT2D eigenvalue weighted by Crippen LogP contribution is 2.37. The molecule has 0 spiro atoms. The zero-order valence-electron chi connectivity index (χ0n) is 10.9. The van der Waals surface area contributed by atoms with Crippen LogP contribution in [0, 0.1) is 0 Å². The molecule has 1 fully saturated rings. The van der Waals surface area contributed by atoms with Crippen LogP contribution in [0.2, 0.25) is 0 Å². The summed E-state index contributed by atoms with van der Waals surface area (Å²) < 4.78 is 0. The van der Waals surface area contributed by atoms with Crippen molar-refractivity contribution in [2.24, 2.45) is 0 Å². The number of likely N-dealkylation sites (tertiary alicyclic amines) is 1. The van der Waals surface area contributed by atoms with Gasteiger partial charge >= 0.3 is 0 Å². The van der Waals surface area contributed by atoms with Gasteiger partial charge in [-0.15, -0.1) is 11.3 Å². The molecular weight excluding hydrogens is 246 g/mol. The first-order valence-corrected chi connectivity index (χ1v) is 7.46. The van der Waals surface area contributed by atoms with E-state index in [4.69, 9.17) is 9.90 Å². The Morgan fingerprint density at radius 3 is 2.78 bits per heavy atom. The summed E-state index contributed by atoms with van der Waals surface area (Å²) in [5.74, 6) is 0. The van der Waals surface area contributed by atoms with Gasteiger partial charge in [-0.05, 0) is 69.1 Å². The number of hydrogen-bond acceptors (Lipinski definition) is 3. The number of aryl methyl sites for hydroxylation is 1. The first kappa shape index (κ1) is 13.6. The number of rotatable bonds is 1. The topological polar surface area (TPSA) is 40.5 Å². The van der Waals surface area contributed by atoms with Crippen LogP contribution in [-0.4, -0.2) is 35.1 Å². The number of carboxylic acid groups (broad SMARTS) is 1. The maximum Gasteiger partial charge on any atom is 0.290 e. The van der Waals surface area contributed by atoms with Crippen LogP contribution in [0.4, 0.5) is 0 Å². The molecule has 1 unspecified atom stereocenters. The van der Waals surface area contributed by atoms with Crippen molar-refractivity contribution < 1.29 is 9.90 Å². The molecule has 3 nitrogen and oxygen atoms in total. The van der Waals surface area contributed by atoms with Crippen LogP contribution in [0.5, 0.6) is 0 Å². The van der Waals surface area contributed by atoms with Crippen LogP contribution < -0.4 is 0 Å². The number of hydrogen-bond donors (Lipinski definition) is 1. The van der Waals surface area contributed by atoms with E-state index < -0.39 is 0 Å². The highest BCUT2D eigenvalue weighted by atomic mass is 32.1. The van der Waals surface area contributed by atoms with Crippen molar-refractivity contribution in [3.63, 3.8) is 0 Å². The molecular formula is C14H21NO2S. The summed E-state index contributed by atoms with van der Waals surface area (Å²) >= 11 is 1.95. The van der Waals surface area contributed by atoms with E-state index in [-0.39, 0.29) is 6.47 Å². The van der Waals surface area contributed by atoms with Crippen LogP contribution in [0.1, 0.15) is 36.6 Å². The summed E-state index contributed by atoms with van der Waals surface area (Å²) in [5, 5.41) is 9.15. The Morgan fingerprint density at radius 1 is 1.44 bits per heavy atom. The van der Waals surface area contributed by atoms with Gasteiger partial charge in [-0.25, -0.2) is 0 Å². The van der Waals surface area contributed by atoms with Gasteiger partial charge in [0.05, 0.1) is 0 Å². The molecule has 1 aliphatic carbocycles. The van der Waals surface area contributed by atoms with Gasteiger partial charge in [-0.1, -0.05) is 0 Å². The average molecular weight is 267 g/mol. The maximum atomic E-state index is 8.36. The fourth-order valence-corrected chi connectivity index (χ4v) is 4.06. The summed E-state index contributed by atoms with van der Waals surface area (Å²) in [4.78, 5) is 12.7. The standard InChI is InChI=1S/C13H19NS.CH2O2/c1-13(14-7-2-3-8-14)6-4-12-11(10-13)5-9-15-12;2-1-3/h5,9H,2-4,6-8,10H2,1H3;1H,(H,2,3). The monoisotopic (exact) mass is 267 g/mol. The molecule has 0 aromatic carbocycles. The second kappa shape index (κ2) is 5.85. The van der Waals surface area contributed by atoms with Crippen LogP contribution >= 0.6 is 11.3 Å². The van der Waals surface area contributed by atoms with Crippen molar-refractivity contribution in [2.45, 2.75) is 44.6 Å². The number of fused-ring (bicyclic) bond motifs is 1. The molecule has 4 heteroatoms. The van der Waals surface area contributed by atoms with Crippen LogP contribution in [-0.2, 0) is 17.6 Å². The fourth-order valence-electron chi connectivity index (χ4n) is 3.15. The number of nitrogens with zero attached hydrogens (tertiary/aromatic N) is 1. The fraction of sp³-hybridized carbons (Fsp3) is 0.643.